The summed E-state index contributed by atoms with van der Waals surface area (Å²) in [7, 11) is 4.05. The second kappa shape index (κ2) is 9.00. The van der Waals surface area contributed by atoms with Gasteiger partial charge in [-0.1, -0.05) is 23.7 Å². The third-order valence-corrected chi connectivity index (χ3v) is 4.96. The van der Waals surface area contributed by atoms with Crippen molar-refractivity contribution in [1.82, 2.24) is 0 Å². The van der Waals surface area contributed by atoms with Crippen LogP contribution < -0.4 is 9.64 Å². The molecular weight excluding hydrogens is 413 g/mol. The highest BCUT2D eigenvalue weighted by Gasteiger charge is 2.35. The molecule has 0 spiro atoms. The van der Waals surface area contributed by atoms with Gasteiger partial charge >= 0.3 is 11.9 Å². The van der Waals surface area contributed by atoms with Gasteiger partial charge in [0.1, 0.15) is 11.6 Å². The van der Waals surface area contributed by atoms with Crippen molar-refractivity contribution >= 4 is 29.2 Å². The molecule has 0 unspecified atom stereocenters. The number of ether oxygens (including phenoxy) is 3. The molecule has 0 bridgehead atoms. The number of nitrogens with zero attached hydrogens (tertiary/aromatic N) is 1. The van der Waals surface area contributed by atoms with Crippen LogP contribution in [0.2, 0.25) is 5.02 Å². The van der Waals surface area contributed by atoms with E-state index in [-0.39, 0.29) is 16.2 Å². The number of carbonyl (C=O) groups excluding carboxylic acids is 2. The first-order valence-corrected chi connectivity index (χ1v) is 9.24. The molecule has 0 fully saturated rings. The van der Waals surface area contributed by atoms with Crippen molar-refractivity contribution in [2.24, 2.45) is 0 Å². The highest BCUT2D eigenvalue weighted by Crippen LogP contribution is 2.39. The van der Waals surface area contributed by atoms with E-state index in [0.717, 1.165) is 0 Å². The molecule has 0 N–H and O–H groups in total. The Hall–Kier alpha value is -3.32. The van der Waals surface area contributed by atoms with E-state index < -0.39 is 23.7 Å². The van der Waals surface area contributed by atoms with Crippen LogP contribution in [0.25, 0.3) is 0 Å². The van der Waals surface area contributed by atoms with Crippen LogP contribution in [0.5, 0.6) is 5.75 Å². The van der Waals surface area contributed by atoms with Gasteiger partial charge in [-0.15, -0.1) is 0 Å². The molecule has 0 atom stereocenters. The molecule has 156 valence electrons. The molecule has 0 radical (unpaired) electrons. The molecular formula is C22H19ClFNO5. The van der Waals surface area contributed by atoms with Crippen LogP contribution in [0.4, 0.5) is 10.1 Å². The molecule has 2 aromatic rings. The van der Waals surface area contributed by atoms with Crippen LogP contribution in [0, 0.1) is 5.82 Å². The van der Waals surface area contributed by atoms with Crippen LogP contribution in [0.3, 0.4) is 0 Å². The van der Waals surface area contributed by atoms with Gasteiger partial charge in [-0.25, -0.2) is 14.0 Å². The van der Waals surface area contributed by atoms with E-state index in [1.165, 1.54) is 49.7 Å². The van der Waals surface area contributed by atoms with Crippen LogP contribution in [-0.4, -0.2) is 33.3 Å². The molecule has 1 aliphatic heterocycles. The lowest BCUT2D eigenvalue weighted by Gasteiger charge is -2.30. The van der Waals surface area contributed by atoms with Crippen molar-refractivity contribution in [3.8, 4) is 5.75 Å². The molecule has 0 saturated heterocycles. The van der Waals surface area contributed by atoms with E-state index in [0.29, 0.717) is 17.0 Å². The fourth-order valence-electron chi connectivity index (χ4n) is 3.18. The molecule has 30 heavy (non-hydrogen) atoms. The van der Waals surface area contributed by atoms with Crippen LogP contribution in [-0.2, 0) is 19.1 Å². The number of carbonyl (C=O) groups is 2. The Balaban J connectivity index is 2.16. The van der Waals surface area contributed by atoms with Crippen molar-refractivity contribution in [1.29, 1.82) is 0 Å². The molecule has 0 aliphatic carbocycles. The Morgan fingerprint density at radius 3 is 1.97 bits per heavy atom. The quantitative estimate of drug-likeness (QED) is 0.661. The molecule has 0 saturated carbocycles. The average Bonchev–Trinajstić information content (AvgIpc) is 2.79. The number of benzene rings is 2. The topological polar surface area (TPSA) is 65.1 Å². The van der Waals surface area contributed by atoms with Gasteiger partial charge in [0.25, 0.3) is 0 Å². The number of hydrogen-bond acceptors (Lipinski definition) is 6. The Kier molecular flexibility index (Phi) is 6.42. The molecule has 8 heteroatoms. The molecule has 6 nitrogen and oxygen atoms in total. The van der Waals surface area contributed by atoms with Crippen molar-refractivity contribution in [3.63, 3.8) is 0 Å². The van der Waals surface area contributed by atoms with Crippen molar-refractivity contribution < 1.29 is 28.2 Å². The van der Waals surface area contributed by atoms with Gasteiger partial charge in [0, 0.05) is 18.1 Å². The van der Waals surface area contributed by atoms with E-state index in [1.807, 2.05) is 0 Å². The number of rotatable bonds is 5. The van der Waals surface area contributed by atoms with E-state index >= 15 is 0 Å². The van der Waals surface area contributed by atoms with Gasteiger partial charge in [0.2, 0.25) is 0 Å². The number of hydrogen-bond donors (Lipinski definition) is 0. The zero-order chi connectivity index (χ0) is 21.8. The van der Waals surface area contributed by atoms with Crippen molar-refractivity contribution in [2.75, 3.05) is 26.2 Å². The van der Waals surface area contributed by atoms with Crippen LogP contribution in [0.15, 0.2) is 66.0 Å². The third kappa shape index (κ3) is 4.16. The molecule has 0 aromatic heterocycles. The number of methoxy groups -OCH3 is 3. The Morgan fingerprint density at radius 2 is 1.50 bits per heavy atom. The molecule has 2 aromatic carbocycles. The standard InChI is InChI=1S/C22H19ClFNO5/c1-28-15-7-4-13(5-8-15)20-16(21(26)29-2)11-25(12-17(20)22(27)30-3)14-6-9-19(24)18(23)10-14/h4-12,20H,1-3H3. The van der Waals surface area contributed by atoms with E-state index in [9.17, 15) is 14.0 Å². The normalized spacial score (nSPS) is 14.0. The summed E-state index contributed by atoms with van der Waals surface area (Å²) in [5.41, 5.74) is 1.52. The van der Waals surface area contributed by atoms with E-state index in [1.54, 1.807) is 31.4 Å². The number of halogens is 2. The maximum Gasteiger partial charge on any atom is 0.336 e. The molecule has 0 amide bonds. The average molecular weight is 432 g/mol. The maximum absolute atomic E-state index is 13.6. The van der Waals surface area contributed by atoms with E-state index in [4.69, 9.17) is 25.8 Å². The summed E-state index contributed by atoms with van der Waals surface area (Å²) in [4.78, 5) is 26.7. The monoisotopic (exact) mass is 431 g/mol. The minimum absolute atomic E-state index is 0.0918. The Bertz CT molecular complexity index is 998. The number of anilines is 1. The van der Waals surface area contributed by atoms with Gasteiger partial charge in [0.05, 0.1) is 43.4 Å². The fraction of sp³-hybridized carbons (Fsp3) is 0.182. The second-order valence-electron chi connectivity index (χ2n) is 6.36. The van der Waals surface area contributed by atoms with Gasteiger partial charge < -0.3 is 19.1 Å². The van der Waals surface area contributed by atoms with Crippen LogP contribution >= 0.6 is 11.6 Å². The largest absolute Gasteiger partial charge is 0.497 e. The molecule has 1 heterocycles. The van der Waals surface area contributed by atoms with Gasteiger partial charge in [-0.05, 0) is 35.9 Å². The van der Waals surface area contributed by atoms with Gasteiger partial charge in [-0.3, -0.25) is 0 Å². The fourth-order valence-corrected chi connectivity index (χ4v) is 3.36. The first kappa shape index (κ1) is 21.4. The summed E-state index contributed by atoms with van der Waals surface area (Å²) in [5, 5.41) is -0.0918. The predicted molar refractivity (Wildman–Crippen MR) is 110 cm³/mol. The first-order chi connectivity index (χ1) is 14.4. The SMILES string of the molecule is COC(=O)C1=CN(c2ccc(F)c(Cl)c2)C=C(C(=O)OC)C1c1ccc(OC)cc1. The maximum atomic E-state index is 13.6. The molecule has 1 aliphatic rings. The zero-order valence-corrected chi connectivity index (χ0v) is 17.3. The van der Waals surface area contributed by atoms with Gasteiger partial charge in [-0.2, -0.15) is 0 Å². The van der Waals surface area contributed by atoms with Gasteiger partial charge in [0.15, 0.2) is 0 Å². The Labute approximate surface area is 178 Å². The number of esters is 2. The first-order valence-electron chi connectivity index (χ1n) is 8.87. The summed E-state index contributed by atoms with van der Waals surface area (Å²) in [6, 6.07) is 11.0. The summed E-state index contributed by atoms with van der Waals surface area (Å²) in [6.45, 7) is 0. The second-order valence-corrected chi connectivity index (χ2v) is 6.77. The summed E-state index contributed by atoms with van der Waals surface area (Å²) < 4.78 is 28.7. The molecule has 3 rings (SSSR count). The minimum atomic E-state index is -0.733. The highest BCUT2D eigenvalue weighted by atomic mass is 35.5. The van der Waals surface area contributed by atoms with Crippen molar-refractivity contribution in [2.45, 2.75) is 5.92 Å². The lowest BCUT2D eigenvalue weighted by Crippen LogP contribution is -2.28. The van der Waals surface area contributed by atoms with E-state index in [2.05, 4.69) is 0 Å². The highest BCUT2D eigenvalue weighted by molar-refractivity contribution is 6.31. The van der Waals surface area contributed by atoms with Crippen LogP contribution in [0.1, 0.15) is 11.5 Å². The third-order valence-electron chi connectivity index (χ3n) is 4.67. The lowest BCUT2D eigenvalue weighted by atomic mass is 9.83. The predicted octanol–water partition coefficient (Wildman–Crippen LogP) is 4.21. The smallest absolute Gasteiger partial charge is 0.336 e. The summed E-state index contributed by atoms with van der Waals surface area (Å²) in [6.07, 6.45) is 3.05. The summed E-state index contributed by atoms with van der Waals surface area (Å²) >= 11 is 5.90. The zero-order valence-electron chi connectivity index (χ0n) is 16.5. The Morgan fingerprint density at radius 1 is 0.933 bits per heavy atom. The van der Waals surface area contributed by atoms with Crippen molar-refractivity contribution in [3.05, 3.63) is 82.4 Å². The minimum Gasteiger partial charge on any atom is -0.497 e. The lowest BCUT2D eigenvalue weighted by molar-refractivity contribution is -0.137. The summed E-state index contributed by atoms with van der Waals surface area (Å²) in [5.74, 6) is -1.93.